The summed E-state index contributed by atoms with van der Waals surface area (Å²) in [6, 6.07) is 3.24. The molecule has 2 amide bonds. The highest BCUT2D eigenvalue weighted by Crippen LogP contribution is 2.18. The summed E-state index contributed by atoms with van der Waals surface area (Å²) in [5.41, 5.74) is 0. The Morgan fingerprint density at radius 3 is 2.96 bits per heavy atom. The van der Waals surface area contributed by atoms with Crippen molar-refractivity contribution in [3.05, 3.63) is 36.2 Å². The number of nitrogens with one attached hydrogen (secondary N) is 1. The Morgan fingerprint density at radius 2 is 2.26 bits per heavy atom. The van der Waals surface area contributed by atoms with Gasteiger partial charge in [-0.15, -0.1) is 0 Å². The number of methoxy groups -OCH3 is 1. The number of hydrogen-bond donors (Lipinski definition) is 1. The van der Waals surface area contributed by atoms with E-state index in [9.17, 15) is 4.79 Å². The maximum atomic E-state index is 12.5. The lowest BCUT2D eigenvalue weighted by molar-refractivity contribution is 0.109. The van der Waals surface area contributed by atoms with Crippen molar-refractivity contribution >= 4 is 6.03 Å². The van der Waals surface area contributed by atoms with Gasteiger partial charge in [-0.2, -0.15) is 4.98 Å². The predicted molar refractivity (Wildman–Crippen MR) is 96.3 cm³/mol. The minimum Gasteiger partial charge on any atom is -0.489 e. The Labute approximate surface area is 158 Å². The predicted octanol–water partition coefficient (Wildman–Crippen LogP) is 1.97. The van der Waals surface area contributed by atoms with E-state index in [2.05, 4.69) is 20.4 Å². The highest BCUT2D eigenvalue weighted by atomic mass is 16.5. The number of urea groups is 1. The third-order valence-electron chi connectivity index (χ3n) is 4.39. The number of likely N-dealkylation sites (tertiary alicyclic amines) is 1. The van der Waals surface area contributed by atoms with Crippen molar-refractivity contribution in [1.82, 2.24) is 25.3 Å². The Hall–Kier alpha value is -2.68. The molecule has 1 atom stereocenters. The van der Waals surface area contributed by atoms with E-state index in [4.69, 9.17) is 14.0 Å². The number of amides is 2. The highest BCUT2D eigenvalue weighted by Gasteiger charge is 2.26. The molecule has 2 aromatic rings. The standard InChI is InChI=1S/C18H25N5O4/c1-13(17-21-16(22-27-17)7-11-25-2)20-18(24)23-9-5-14(6-10-23)26-15-4-3-8-19-12-15/h3-4,8,12-14H,5-7,9-11H2,1-2H3,(H,20,24)/t13-/m1/s1. The number of pyridine rings is 1. The summed E-state index contributed by atoms with van der Waals surface area (Å²) in [7, 11) is 1.62. The zero-order valence-corrected chi connectivity index (χ0v) is 15.6. The second kappa shape index (κ2) is 9.31. The molecule has 0 aromatic carbocycles. The molecule has 3 heterocycles. The molecule has 1 N–H and O–H groups in total. The van der Waals surface area contributed by atoms with Crippen molar-refractivity contribution in [2.45, 2.75) is 38.3 Å². The van der Waals surface area contributed by atoms with Gasteiger partial charge in [0.25, 0.3) is 0 Å². The van der Waals surface area contributed by atoms with Crippen LogP contribution in [0, 0.1) is 0 Å². The van der Waals surface area contributed by atoms with E-state index in [0.717, 1.165) is 18.6 Å². The van der Waals surface area contributed by atoms with Crippen LogP contribution in [0.5, 0.6) is 5.75 Å². The van der Waals surface area contributed by atoms with E-state index < -0.39 is 0 Å². The second-order valence-corrected chi connectivity index (χ2v) is 6.46. The molecule has 0 unspecified atom stereocenters. The average molecular weight is 375 g/mol. The van der Waals surface area contributed by atoms with Gasteiger partial charge in [-0.25, -0.2) is 4.79 Å². The highest BCUT2D eigenvalue weighted by molar-refractivity contribution is 5.74. The van der Waals surface area contributed by atoms with Gasteiger partial charge < -0.3 is 24.2 Å². The number of aromatic nitrogens is 3. The molecule has 1 aliphatic rings. The normalized spacial score (nSPS) is 16.1. The summed E-state index contributed by atoms with van der Waals surface area (Å²) in [6.45, 7) is 3.61. The van der Waals surface area contributed by atoms with E-state index in [1.165, 1.54) is 0 Å². The van der Waals surface area contributed by atoms with Crippen LogP contribution in [-0.2, 0) is 11.2 Å². The Balaban J connectivity index is 1.44. The molecular formula is C18H25N5O4. The maximum Gasteiger partial charge on any atom is 0.318 e. The molecule has 146 valence electrons. The van der Waals surface area contributed by atoms with Crippen molar-refractivity contribution in [3.63, 3.8) is 0 Å². The van der Waals surface area contributed by atoms with Crippen molar-refractivity contribution in [1.29, 1.82) is 0 Å². The van der Waals surface area contributed by atoms with Gasteiger partial charge in [-0.3, -0.25) is 4.98 Å². The smallest absolute Gasteiger partial charge is 0.318 e. The van der Waals surface area contributed by atoms with Crippen LogP contribution in [0.4, 0.5) is 4.79 Å². The summed E-state index contributed by atoms with van der Waals surface area (Å²) >= 11 is 0. The molecule has 9 nitrogen and oxygen atoms in total. The fourth-order valence-electron chi connectivity index (χ4n) is 2.86. The van der Waals surface area contributed by atoms with Crippen molar-refractivity contribution in [2.24, 2.45) is 0 Å². The largest absolute Gasteiger partial charge is 0.489 e. The maximum absolute atomic E-state index is 12.5. The lowest BCUT2D eigenvalue weighted by Gasteiger charge is -2.32. The van der Waals surface area contributed by atoms with Gasteiger partial charge in [0.15, 0.2) is 5.82 Å². The van der Waals surface area contributed by atoms with E-state index >= 15 is 0 Å². The third-order valence-corrected chi connectivity index (χ3v) is 4.39. The molecule has 2 aromatic heterocycles. The number of nitrogens with zero attached hydrogens (tertiary/aromatic N) is 4. The van der Waals surface area contributed by atoms with Gasteiger partial charge in [0.1, 0.15) is 17.9 Å². The molecular weight excluding hydrogens is 350 g/mol. The summed E-state index contributed by atoms with van der Waals surface area (Å²) in [5.74, 6) is 1.72. The molecule has 1 aliphatic heterocycles. The summed E-state index contributed by atoms with van der Waals surface area (Å²) in [4.78, 5) is 22.6. The van der Waals surface area contributed by atoms with E-state index in [1.54, 1.807) is 24.4 Å². The molecule has 0 bridgehead atoms. The van der Waals surface area contributed by atoms with Crippen LogP contribution in [-0.4, -0.2) is 59.0 Å². The summed E-state index contributed by atoms with van der Waals surface area (Å²) in [6.07, 6.45) is 5.63. The van der Waals surface area contributed by atoms with Crippen LogP contribution >= 0.6 is 0 Å². The van der Waals surface area contributed by atoms with Crippen molar-refractivity contribution in [2.75, 3.05) is 26.8 Å². The number of rotatable bonds is 7. The quantitative estimate of drug-likeness (QED) is 0.789. The number of carbonyl (C=O) groups excluding carboxylic acids is 1. The van der Waals surface area contributed by atoms with Crippen LogP contribution in [0.2, 0.25) is 0 Å². The number of carbonyl (C=O) groups is 1. The van der Waals surface area contributed by atoms with Gasteiger partial charge >= 0.3 is 6.03 Å². The Kier molecular flexibility index (Phi) is 6.59. The zero-order valence-electron chi connectivity index (χ0n) is 15.6. The van der Waals surface area contributed by atoms with Crippen LogP contribution in [0.15, 0.2) is 29.0 Å². The molecule has 0 saturated carbocycles. The second-order valence-electron chi connectivity index (χ2n) is 6.46. The number of hydrogen-bond acceptors (Lipinski definition) is 7. The SMILES string of the molecule is COCCc1noc([C@@H](C)NC(=O)N2CCC(Oc3cccnc3)CC2)n1. The van der Waals surface area contributed by atoms with Gasteiger partial charge in [0.05, 0.1) is 12.8 Å². The minimum absolute atomic E-state index is 0.0926. The van der Waals surface area contributed by atoms with Crippen LogP contribution in [0.25, 0.3) is 0 Å². The Morgan fingerprint density at radius 1 is 1.44 bits per heavy atom. The molecule has 9 heteroatoms. The van der Waals surface area contributed by atoms with Crippen LogP contribution < -0.4 is 10.1 Å². The van der Waals surface area contributed by atoms with E-state index in [1.807, 2.05) is 19.1 Å². The fraction of sp³-hybridized carbons (Fsp3) is 0.556. The zero-order chi connectivity index (χ0) is 19.1. The van der Waals surface area contributed by atoms with E-state index in [0.29, 0.717) is 37.8 Å². The lowest BCUT2D eigenvalue weighted by atomic mass is 10.1. The first-order chi connectivity index (χ1) is 13.2. The molecule has 0 spiro atoms. The van der Waals surface area contributed by atoms with Gasteiger partial charge in [-0.1, -0.05) is 5.16 Å². The topological polar surface area (TPSA) is 103 Å². The van der Waals surface area contributed by atoms with E-state index in [-0.39, 0.29) is 18.2 Å². The first kappa shape index (κ1) is 19.1. The first-order valence-corrected chi connectivity index (χ1v) is 9.09. The number of piperidine rings is 1. The molecule has 0 radical (unpaired) electrons. The van der Waals surface area contributed by atoms with Crippen LogP contribution in [0.3, 0.4) is 0 Å². The molecule has 1 saturated heterocycles. The minimum atomic E-state index is -0.356. The van der Waals surface area contributed by atoms with Gasteiger partial charge in [0, 0.05) is 45.7 Å². The molecule has 27 heavy (non-hydrogen) atoms. The van der Waals surface area contributed by atoms with Crippen molar-refractivity contribution in [3.8, 4) is 5.75 Å². The summed E-state index contributed by atoms with van der Waals surface area (Å²) in [5, 5.41) is 6.80. The fourth-order valence-corrected chi connectivity index (χ4v) is 2.86. The molecule has 3 rings (SSSR count). The monoisotopic (exact) mass is 375 g/mol. The average Bonchev–Trinajstić information content (AvgIpc) is 3.17. The van der Waals surface area contributed by atoms with Crippen molar-refractivity contribution < 1.29 is 18.8 Å². The number of ether oxygens (including phenoxy) is 2. The van der Waals surface area contributed by atoms with Gasteiger partial charge in [-0.05, 0) is 19.1 Å². The summed E-state index contributed by atoms with van der Waals surface area (Å²) < 4.78 is 16.1. The van der Waals surface area contributed by atoms with Crippen LogP contribution in [0.1, 0.15) is 37.5 Å². The third kappa shape index (κ3) is 5.40. The molecule has 0 aliphatic carbocycles. The lowest BCUT2D eigenvalue weighted by Crippen LogP contribution is -2.47. The van der Waals surface area contributed by atoms with Gasteiger partial charge in [0.2, 0.25) is 5.89 Å². The first-order valence-electron chi connectivity index (χ1n) is 9.09. The molecule has 1 fully saturated rings. The Bertz CT molecular complexity index is 716.